The lowest BCUT2D eigenvalue weighted by atomic mass is 10.0. The van der Waals surface area contributed by atoms with E-state index in [0.717, 1.165) is 16.3 Å². The number of rotatable bonds is 7. The zero-order valence-corrected chi connectivity index (χ0v) is 21.2. The highest BCUT2D eigenvalue weighted by molar-refractivity contribution is 9.10. The molecule has 0 aliphatic heterocycles. The molecule has 0 radical (unpaired) electrons. The van der Waals surface area contributed by atoms with Gasteiger partial charge in [-0.05, 0) is 74.7 Å². The van der Waals surface area contributed by atoms with Crippen LogP contribution in [0.5, 0.6) is 5.75 Å². The molecule has 0 atom stereocenters. The van der Waals surface area contributed by atoms with Crippen molar-refractivity contribution in [2.75, 3.05) is 11.9 Å². The molecule has 176 valence electrons. The Balaban J connectivity index is 1.33. The molecule has 4 aromatic carbocycles. The second-order valence-corrected chi connectivity index (χ2v) is 9.05. The highest BCUT2D eigenvalue weighted by Crippen LogP contribution is 2.27. The molecule has 0 heterocycles. The molecule has 35 heavy (non-hydrogen) atoms. The van der Waals surface area contributed by atoms with Gasteiger partial charge in [-0.15, -0.1) is 0 Å². The summed E-state index contributed by atoms with van der Waals surface area (Å²) in [6.45, 7) is -0.201. The van der Waals surface area contributed by atoms with Crippen LogP contribution in [0, 0.1) is 0 Å². The molecule has 4 rings (SSSR count). The van der Waals surface area contributed by atoms with E-state index in [1.165, 1.54) is 6.21 Å². The van der Waals surface area contributed by atoms with Crippen LogP contribution in [0.3, 0.4) is 0 Å². The summed E-state index contributed by atoms with van der Waals surface area (Å²) >= 11 is 15.3. The molecule has 4 aromatic rings. The highest BCUT2D eigenvalue weighted by Gasteiger charge is 2.10. The van der Waals surface area contributed by atoms with E-state index < -0.39 is 0 Å². The summed E-state index contributed by atoms with van der Waals surface area (Å²) in [4.78, 5) is 24.8. The van der Waals surface area contributed by atoms with E-state index >= 15 is 0 Å². The van der Waals surface area contributed by atoms with Crippen LogP contribution in [0.1, 0.15) is 15.9 Å². The van der Waals surface area contributed by atoms with Gasteiger partial charge in [-0.25, -0.2) is 5.43 Å². The first-order valence-corrected chi connectivity index (χ1v) is 11.9. The van der Waals surface area contributed by atoms with Gasteiger partial charge in [0.1, 0.15) is 5.75 Å². The summed E-state index contributed by atoms with van der Waals surface area (Å²) in [5.41, 5.74) is 4.35. The predicted molar refractivity (Wildman–Crippen MR) is 144 cm³/mol. The molecule has 0 unspecified atom stereocenters. The molecular formula is C26H18BrCl2N3O3. The normalized spacial score (nSPS) is 10.9. The van der Waals surface area contributed by atoms with Crippen molar-refractivity contribution >= 4 is 73.6 Å². The first-order chi connectivity index (χ1) is 16.9. The van der Waals surface area contributed by atoms with Crippen LogP contribution in [0.25, 0.3) is 10.8 Å². The summed E-state index contributed by atoms with van der Waals surface area (Å²) in [5.74, 6) is -0.173. The van der Waals surface area contributed by atoms with Crippen molar-refractivity contribution in [2.24, 2.45) is 5.10 Å². The number of carbonyl (C=O) groups is 2. The van der Waals surface area contributed by atoms with Gasteiger partial charge in [0.2, 0.25) is 0 Å². The third kappa shape index (κ3) is 6.39. The third-order valence-electron chi connectivity index (χ3n) is 4.93. The molecule has 0 bridgehead atoms. The largest absolute Gasteiger partial charge is 0.483 e. The quantitative estimate of drug-likeness (QED) is 0.192. The Morgan fingerprint density at radius 3 is 2.54 bits per heavy atom. The van der Waals surface area contributed by atoms with Gasteiger partial charge >= 0.3 is 0 Å². The topological polar surface area (TPSA) is 79.8 Å². The van der Waals surface area contributed by atoms with Crippen molar-refractivity contribution in [2.45, 2.75) is 0 Å². The monoisotopic (exact) mass is 569 g/mol. The second-order valence-electron chi connectivity index (χ2n) is 7.38. The van der Waals surface area contributed by atoms with Crippen molar-refractivity contribution in [1.82, 2.24) is 5.43 Å². The van der Waals surface area contributed by atoms with Crippen molar-refractivity contribution < 1.29 is 14.3 Å². The van der Waals surface area contributed by atoms with Crippen molar-refractivity contribution in [3.8, 4) is 5.75 Å². The molecule has 9 heteroatoms. The second kappa shape index (κ2) is 11.4. The van der Waals surface area contributed by atoms with Gasteiger partial charge in [-0.1, -0.05) is 59.6 Å². The molecule has 2 N–H and O–H groups in total. The van der Waals surface area contributed by atoms with Crippen LogP contribution < -0.4 is 15.5 Å². The van der Waals surface area contributed by atoms with Crippen molar-refractivity contribution in [3.05, 3.63) is 105 Å². The minimum absolute atomic E-state index is 0.201. The first-order valence-electron chi connectivity index (χ1n) is 10.4. The number of benzene rings is 4. The van der Waals surface area contributed by atoms with Gasteiger partial charge < -0.3 is 10.1 Å². The SMILES string of the molecule is O=C(COc1ccc(/C=N/NC(=O)c2cccc3ccccc23)cc1Br)Nc1ccc(Cl)c(Cl)c1. The lowest BCUT2D eigenvalue weighted by molar-refractivity contribution is -0.118. The van der Waals surface area contributed by atoms with Crippen LogP contribution in [0.2, 0.25) is 10.0 Å². The number of nitrogens with zero attached hydrogens (tertiary/aromatic N) is 1. The minimum atomic E-state index is -0.350. The molecule has 2 amide bonds. The van der Waals surface area contributed by atoms with E-state index in [0.29, 0.717) is 31.5 Å². The van der Waals surface area contributed by atoms with E-state index in [9.17, 15) is 9.59 Å². The minimum Gasteiger partial charge on any atom is -0.483 e. The number of amides is 2. The van der Waals surface area contributed by atoms with Gasteiger partial charge in [-0.2, -0.15) is 5.10 Å². The molecule has 0 aliphatic carbocycles. The number of anilines is 1. The standard InChI is InChI=1S/C26H18BrCl2N3O3/c27-21-12-16(14-30-32-26(34)20-7-3-5-17-4-1-2-6-19(17)20)8-11-24(21)35-15-25(33)31-18-9-10-22(28)23(29)13-18/h1-14H,15H2,(H,31,33)(H,32,34)/b30-14+. The summed E-state index contributed by atoms with van der Waals surface area (Å²) in [7, 11) is 0. The molecule has 0 aromatic heterocycles. The maximum Gasteiger partial charge on any atom is 0.271 e. The number of hydrazone groups is 1. The third-order valence-corrected chi connectivity index (χ3v) is 6.29. The van der Waals surface area contributed by atoms with E-state index in [1.54, 1.807) is 42.5 Å². The highest BCUT2D eigenvalue weighted by atomic mass is 79.9. The van der Waals surface area contributed by atoms with Gasteiger partial charge in [0.25, 0.3) is 11.8 Å². The van der Waals surface area contributed by atoms with E-state index in [1.807, 2.05) is 36.4 Å². The van der Waals surface area contributed by atoms with Crippen molar-refractivity contribution in [1.29, 1.82) is 0 Å². The fourth-order valence-electron chi connectivity index (χ4n) is 3.28. The van der Waals surface area contributed by atoms with Gasteiger partial charge in [-0.3, -0.25) is 9.59 Å². The molecule has 0 aliphatic rings. The number of ether oxygens (including phenoxy) is 1. The van der Waals surface area contributed by atoms with Gasteiger partial charge in [0.05, 0.1) is 20.7 Å². The smallest absolute Gasteiger partial charge is 0.271 e. The van der Waals surface area contributed by atoms with Crippen molar-refractivity contribution in [3.63, 3.8) is 0 Å². The molecule has 0 saturated heterocycles. The molecular weight excluding hydrogens is 553 g/mol. The zero-order valence-electron chi connectivity index (χ0n) is 18.1. The van der Waals surface area contributed by atoms with Crippen LogP contribution in [-0.4, -0.2) is 24.6 Å². The zero-order chi connectivity index (χ0) is 24.8. The summed E-state index contributed by atoms with van der Waals surface area (Å²) in [6.07, 6.45) is 1.52. The number of nitrogens with one attached hydrogen (secondary N) is 2. The van der Waals surface area contributed by atoms with Crippen LogP contribution in [0.15, 0.2) is 88.4 Å². The van der Waals surface area contributed by atoms with Crippen LogP contribution in [-0.2, 0) is 4.79 Å². The van der Waals surface area contributed by atoms with Gasteiger partial charge in [0, 0.05) is 11.3 Å². The number of fused-ring (bicyclic) bond motifs is 1. The Labute approximate surface area is 220 Å². The molecule has 0 fully saturated rings. The average molecular weight is 571 g/mol. The summed E-state index contributed by atoms with van der Waals surface area (Å²) in [5, 5.41) is 9.34. The number of carbonyl (C=O) groups excluding carboxylic acids is 2. The molecule has 0 saturated carbocycles. The fraction of sp³-hybridized carbons (Fsp3) is 0.0385. The number of hydrogen-bond acceptors (Lipinski definition) is 4. The van der Waals surface area contributed by atoms with E-state index in [2.05, 4.69) is 31.8 Å². The Hall–Kier alpha value is -3.39. The lowest BCUT2D eigenvalue weighted by Gasteiger charge is -2.10. The number of hydrogen-bond donors (Lipinski definition) is 2. The fourth-order valence-corrected chi connectivity index (χ4v) is 4.09. The van der Waals surface area contributed by atoms with E-state index in [4.69, 9.17) is 27.9 Å². The summed E-state index contributed by atoms with van der Waals surface area (Å²) < 4.78 is 6.22. The maximum atomic E-state index is 12.6. The average Bonchev–Trinajstić information content (AvgIpc) is 2.85. The van der Waals surface area contributed by atoms with Crippen LogP contribution in [0.4, 0.5) is 5.69 Å². The van der Waals surface area contributed by atoms with E-state index in [-0.39, 0.29) is 18.4 Å². The number of halogens is 3. The first kappa shape index (κ1) is 24.7. The Kier molecular flexibility index (Phi) is 8.02. The van der Waals surface area contributed by atoms with Crippen LogP contribution >= 0.6 is 39.1 Å². The summed E-state index contributed by atoms with van der Waals surface area (Å²) in [6, 6.07) is 23.2. The Bertz CT molecular complexity index is 1440. The maximum absolute atomic E-state index is 12.6. The molecule has 0 spiro atoms. The lowest BCUT2D eigenvalue weighted by Crippen LogP contribution is -2.20. The predicted octanol–water partition coefficient (Wildman–Crippen LogP) is 6.69. The van der Waals surface area contributed by atoms with Gasteiger partial charge in [0.15, 0.2) is 6.61 Å². The Morgan fingerprint density at radius 2 is 1.74 bits per heavy atom. The Morgan fingerprint density at radius 1 is 0.943 bits per heavy atom. The molecule has 6 nitrogen and oxygen atoms in total.